The number of anilines is 1. The van der Waals surface area contributed by atoms with Crippen molar-refractivity contribution in [2.24, 2.45) is 0 Å². The molecule has 0 spiro atoms. The van der Waals surface area contributed by atoms with E-state index in [-0.39, 0.29) is 34.5 Å². The van der Waals surface area contributed by atoms with E-state index in [0.717, 1.165) is 36.9 Å². The van der Waals surface area contributed by atoms with Gasteiger partial charge in [-0.15, -0.1) is 0 Å². The van der Waals surface area contributed by atoms with Crippen LogP contribution in [0.1, 0.15) is 31.4 Å². The van der Waals surface area contributed by atoms with E-state index in [9.17, 15) is 9.59 Å². The fourth-order valence-electron chi connectivity index (χ4n) is 4.30. The third kappa shape index (κ3) is 4.63. The number of carbonyl (C=O) groups is 1. The topological polar surface area (TPSA) is 113 Å². The quantitative estimate of drug-likeness (QED) is 0.357. The van der Waals surface area contributed by atoms with E-state index in [2.05, 4.69) is 25.6 Å². The molecule has 1 saturated carbocycles. The number of halogens is 1. The zero-order valence-corrected chi connectivity index (χ0v) is 19.3. The first-order valence-corrected chi connectivity index (χ1v) is 11.6. The maximum Gasteiger partial charge on any atom is 0.320 e. The Morgan fingerprint density at radius 1 is 1.00 bits per heavy atom. The Morgan fingerprint density at radius 2 is 1.74 bits per heavy atom. The number of aromatic nitrogens is 4. The average molecular weight is 475 g/mol. The van der Waals surface area contributed by atoms with E-state index in [1.807, 2.05) is 43.3 Å². The third-order valence-corrected chi connectivity index (χ3v) is 6.03. The Balaban J connectivity index is 1.60. The molecule has 9 heteroatoms. The van der Waals surface area contributed by atoms with E-state index < -0.39 is 0 Å². The Kier molecular flexibility index (Phi) is 5.98. The number of H-pyrrole nitrogens is 1. The first-order valence-electron chi connectivity index (χ1n) is 11.2. The summed E-state index contributed by atoms with van der Waals surface area (Å²) in [6.45, 7) is 1.84. The van der Waals surface area contributed by atoms with Crippen LogP contribution in [0.3, 0.4) is 0 Å². The van der Waals surface area contributed by atoms with Crippen molar-refractivity contribution in [3.8, 4) is 22.5 Å². The van der Waals surface area contributed by atoms with Gasteiger partial charge in [-0.2, -0.15) is 0 Å². The Labute approximate surface area is 200 Å². The number of benzene rings is 1. The van der Waals surface area contributed by atoms with Gasteiger partial charge in [-0.05, 0) is 31.9 Å². The Hall–Kier alpha value is -3.78. The minimum absolute atomic E-state index is 0.162. The molecule has 0 atom stereocenters. The lowest BCUT2D eigenvalue weighted by atomic mass is 10.0. The predicted molar refractivity (Wildman–Crippen MR) is 133 cm³/mol. The molecule has 1 fully saturated rings. The highest BCUT2D eigenvalue weighted by atomic mass is 35.5. The van der Waals surface area contributed by atoms with Gasteiger partial charge in [0.25, 0.3) is 0 Å². The summed E-state index contributed by atoms with van der Waals surface area (Å²) in [7, 11) is 0. The molecule has 3 heterocycles. The number of carbonyl (C=O) groups excluding carboxylic acids is 1. The maximum absolute atomic E-state index is 13.0. The summed E-state index contributed by atoms with van der Waals surface area (Å²) in [6, 6.07) is 14.3. The van der Waals surface area contributed by atoms with Gasteiger partial charge in [0.15, 0.2) is 11.2 Å². The summed E-state index contributed by atoms with van der Waals surface area (Å²) in [6.07, 6.45) is 4.16. The number of hydrogen-bond acceptors (Lipinski definition) is 5. The minimum atomic E-state index is -0.352. The summed E-state index contributed by atoms with van der Waals surface area (Å²) in [5.74, 6) is 0.261. The second kappa shape index (κ2) is 9.23. The van der Waals surface area contributed by atoms with Crippen molar-refractivity contribution in [1.82, 2.24) is 25.3 Å². The van der Waals surface area contributed by atoms with E-state index in [1.165, 1.54) is 6.07 Å². The summed E-state index contributed by atoms with van der Waals surface area (Å²) in [5.41, 5.74) is 3.47. The molecule has 3 aromatic heterocycles. The molecule has 3 N–H and O–H groups in total. The van der Waals surface area contributed by atoms with Crippen LogP contribution >= 0.6 is 11.6 Å². The summed E-state index contributed by atoms with van der Waals surface area (Å²) >= 11 is 6.20. The van der Waals surface area contributed by atoms with Crippen molar-refractivity contribution < 1.29 is 4.79 Å². The number of fused-ring (bicyclic) bond motifs is 1. The van der Waals surface area contributed by atoms with E-state index in [4.69, 9.17) is 16.6 Å². The lowest BCUT2D eigenvalue weighted by Crippen LogP contribution is -2.36. The smallest absolute Gasteiger partial charge is 0.320 e. The SMILES string of the molecule is Cc1cc(-c2nc3c(=O)cc(NC(=O)NC4CCCC4)[nH]c3nc2-c2ccccc2)cc(Cl)n1. The lowest BCUT2D eigenvalue weighted by molar-refractivity contribution is 0.248. The van der Waals surface area contributed by atoms with Crippen molar-refractivity contribution in [1.29, 1.82) is 0 Å². The average Bonchev–Trinajstić information content (AvgIpc) is 3.31. The Morgan fingerprint density at radius 3 is 2.47 bits per heavy atom. The van der Waals surface area contributed by atoms with Gasteiger partial charge < -0.3 is 10.3 Å². The second-order valence-corrected chi connectivity index (χ2v) is 8.82. The van der Waals surface area contributed by atoms with Gasteiger partial charge in [0, 0.05) is 28.9 Å². The van der Waals surface area contributed by atoms with Crippen molar-refractivity contribution in [3.63, 3.8) is 0 Å². The van der Waals surface area contributed by atoms with Crippen LogP contribution in [-0.4, -0.2) is 32.0 Å². The molecule has 2 amide bonds. The van der Waals surface area contributed by atoms with Crippen LogP contribution in [0.25, 0.3) is 33.7 Å². The molecule has 8 nitrogen and oxygen atoms in total. The lowest BCUT2D eigenvalue weighted by Gasteiger charge is -2.14. The first-order chi connectivity index (χ1) is 16.5. The van der Waals surface area contributed by atoms with E-state index in [0.29, 0.717) is 22.1 Å². The molecular weight excluding hydrogens is 452 g/mol. The molecule has 1 aliphatic carbocycles. The predicted octanol–water partition coefficient (Wildman–Crippen LogP) is 5.07. The number of pyridine rings is 2. The molecule has 34 heavy (non-hydrogen) atoms. The fourth-order valence-corrected chi connectivity index (χ4v) is 4.55. The van der Waals surface area contributed by atoms with E-state index in [1.54, 1.807) is 6.07 Å². The number of rotatable bonds is 4. The molecule has 1 aromatic carbocycles. The molecule has 172 valence electrons. The molecule has 0 saturated heterocycles. The highest BCUT2D eigenvalue weighted by molar-refractivity contribution is 6.29. The standard InChI is InChI=1S/C25H23ClN6O2/c1-14-11-16(12-19(26)27-14)22-21(15-7-3-2-4-8-15)32-24-23(31-22)18(33)13-20(29-24)30-25(34)28-17-9-5-6-10-17/h2-4,7-8,11-13,17H,5-6,9-10H2,1H3,(H3,28,29,30,32,33,34). The number of urea groups is 1. The molecule has 1 aliphatic rings. The zero-order valence-electron chi connectivity index (χ0n) is 18.6. The number of aromatic amines is 1. The van der Waals surface area contributed by atoms with Gasteiger partial charge in [0.05, 0.1) is 11.4 Å². The number of nitrogens with zero attached hydrogens (tertiary/aromatic N) is 3. The van der Waals surface area contributed by atoms with Crippen LogP contribution in [0.4, 0.5) is 10.6 Å². The number of aryl methyl sites for hydroxylation is 1. The van der Waals surface area contributed by atoms with Gasteiger partial charge in [-0.3, -0.25) is 10.1 Å². The highest BCUT2D eigenvalue weighted by Crippen LogP contribution is 2.31. The number of amides is 2. The highest BCUT2D eigenvalue weighted by Gasteiger charge is 2.19. The summed E-state index contributed by atoms with van der Waals surface area (Å²) in [4.78, 5) is 42.1. The van der Waals surface area contributed by atoms with Crippen LogP contribution in [0.5, 0.6) is 0 Å². The van der Waals surface area contributed by atoms with Crippen molar-refractivity contribution in [2.45, 2.75) is 38.6 Å². The van der Waals surface area contributed by atoms with Crippen LogP contribution in [0.2, 0.25) is 5.15 Å². The molecule has 0 bridgehead atoms. The fraction of sp³-hybridized carbons (Fsp3) is 0.240. The third-order valence-electron chi connectivity index (χ3n) is 5.84. The maximum atomic E-state index is 13.0. The van der Waals surface area contributed by atoms with Crippen LogP contribution < -0.4 is 16.1 Å². The number of hydrogen-bond donors (Lipinski definition) is 3. The van der Waals surface area contributed by atoms with E-state index >= 15 is 0 Å². The van der Waals surface area contributed by atoms with Crippen molar-refractivity contribution >= 4 is 34.6 Å². The molecule has 0 aliphatic heterocycles. The Bertz CT molecular complexity index is 1410. The molecular formula is C25H23ClN6O2. The normalized spacial score (nSPS) is 13.8. The molecule has 0 unspecified atom stereocenters. The van der Waals surface area contributed by atoms with Crippen molar-refractivity contribution in [3.05, 3.63) is 69.6 Å². The summed E-state index contributed by atoms with van der Waals surface area (Å²) < 4.78 is 0. The minimum Gasteiger partial charge on any atom is -0.335 e. The van der Waals surface area contributed by atoms with Gasteiger partial charge in [0.2, 0.25) is 5.43 Å². The molecule has 5 rings (SSSR count). The molecule has 4 aromatic rings. The van der Waals surface area contributed by atoms with Gasteiger partial charge in [0.1, 0.15) is 11.0 Å². The number of nitrogens with one attached hydrogen (secondary N) is 3. The monoisotopic (exact) mass is 474 g/mol. The second-order valence-electron chi connectivity index (χ2n) is 8.43. The van der Waals surface area contributed by atoms with Crippen LogP contribution in [0, 0.1) is 6.92 Å². The van der Waals surface area contributed by atoms with Crippen LogP contribution in [-0.2, 0) is 0 Å². The first kappa shape index (κ1) is 22.0. The largest absolute Gasteiger partial charge is 0.335 e. The van der Waals surface area contributed by atoms with Crippen LogP contribution in [0.15, 0.2) is 53.3 Å². The molecule has 0 radical (unpaired) electrons. The van der Waals surface area contributed by atoms with Gasteiger partial charge in [-0.25, -0.2) is 19.7 Å². The van der Waals surface area contributed by atoms with Gasteiger partial charge >= 0.3 is 6.03 Å². The summed E-state index contributed by atoms with van der Waals surface area (Å²) in [5, 5.41) is 6.00. The zero-order chi connectivity index (χ0) is 23.7. The van der Waals surface area contributed by atoms with Crippen molar-refractivity contribution in [2.75, 3.05) is 5.32 Å². The van der Waals surface area contributed by atoms with Gasteiger partial charge in [-0.1, -0.05) is 54.8 Å².